The van der Waals surface area contributed by atoms with Crippen LogP contribution in [0.25, 0.3) is 0 Å². The van der Waals surface area contributed by atoms with Crippen molar-refractivity contribution in [3.63, 3.8) is 0 Å². The van der Waals surface area contributed by atoms with E-state index in [1.807, 2.05) is 12.1 Å². The maximum Gasteiger partial charge on any atom is 0.332 e. The van der Waals surface area contributed by atoms with Crippen molar-refractivity contribution >= 4 is 23.6 Å². The number of ether oxygens (including phenoxy) is 2. The number of urea groups is 1. The summed E-state index contributed by atoms with van der Waals surface area (Å²) in [6, 6.07) is 4.53. The molecule has 2 atom stereocenters. The van der Waals surface area contributed by atoms with Crippen molar-refractivity contribution < 1.29 is 23.9 Å². The smallest absolute Gasteiger partial charge is 0.332 e. The first kappa shape index (κ1) is 15.9. The molecule has 4 rings (SSSR count). The van der Waals surface area contributed by atoms with Crippen LogP contribution < -0.4 is 9.64 Å². The number of amides is 3. The highest BCUT2D eigenvalue weighted by molar-refractivity contribution is 6.21. The lowest BCUT2D eigenvalue weighted by Crippen LogP contribution is -2.44. The Kier molecular flexibility index (Phi) is 3.86. The van der Waals surface area contributed by atoms with Gasteiger partial charge in [0.15, 0.2) is 0 Å². The molecule has 3 aliphatic heterocycles. The molecule has 3 aliphatic rings. The summed E-state index contributed by atoms with van der Waals surface area (Å²) in [4.78, 5) is 40.2. The zero-order valence-electron chi connectivity index (χ0n) is 14.1. The molecular formula is C18H20N2O5. The zero-order chi connectivity index (χ0) is 17.6. The lowest BCUT2D eigenvalue weighted by atomic mass is 9.91. The number of carbonyl (C=O) groups is 3. The minimum absolute atomic E-state index is 0.268. The molecule has 0 bridgehead atoms. The molecule has 7 nitrogen and oxygen atoms in total. The molecule has 0 aliphatic carbocycles. The highest BCUT2D eigenvalue weighted by Gasteiger charge is 2.49. The quantitative estimate of drug-likeness (QED) is 0.603. The normalized spacial score (nSPS) is 25.3. The highest BCUT2D eigenvalue weighted by Crippen LogP contribution is 2.36. The maximum absolute atomic E-state index is 12.9. The molecule has 132 valence electrons. The van der Waals surface area contributed by atoms with Crippen LogP contribution in [-0.2, 0) is 20.7 Å². The molecule has 0 saturated carbocycles. The second kappa shape index (κ2) is 6.06. The van der Waals surface area contributed by atoms with Crippen LogP contribution in [0.3, 0.4) is 0 Å². The van der Waals surface area contributed by atoms with E-state index in [2.05, 4.69) is 0 Å². The third-order valence-corrected chi connectivity index (χ3v) is 5.23. The lowest BCUT2D eigenvalue weighted by Gasteiger charge is -2.30. The number of imide groups is 1. The minimum Gasteiger partial charge on any atom is -0.493 e. The summed E-state index contributed by atoms with van der Waals surface area (Å²) in [5.74, 6) is -0.1000. The fraction of sp³-hybridized carbons (Fsp3) is 0.500. The van der Waals surface area contributed by atoms with Crippen molar-refractivity contribution in [2.75, 3.05) is 25.2 Å². The predicted molar refractivity (Wildman–Crippen MR) is 88.4 cm³/mol. The van der Waals surface area contributed by atoms with Crippen LogP contribution in [0.1, 0.15) is 24.8 Å². The Morgan fingerprint density at radius 3 is 2.96 bits per heavy atom. The molecule has 7 heteroatoms. The number of anilines is 1. The van der Waals surface area contributed by atoms with Gasteiger partial charge in [0.05, 0.1) is 25.3 Å². The third-order valence-electron chi connectivity index (χ3n) is 5.23. The second-order valence-electron chi connectivity index (χ2n) is 6.65. The van der Waals surface area contributed by atoms with Crippen molar-refractivity contribution in [2.24, 2.45) is 5.92 Å². The number of benzene rings is 1. The van der Waals surface area contributed by atoms with Gasteiger partial charge in [0.25, 0.3) is 5.91 Å². The van der Waals surface area contributed by atoms with Crippen LogP contribution in [0, 0.1) is 5.92 Å². The van der Waals surface area contributed by atoms with Crippen LogP contribution in [-0.4, -0.2) is 49.1 Å². The number of rotatable bonds is 2. The molecule has 0 aromatic heterocycles. The first-order chi connectivity index (χ1) is 12.1. The summed E-state index contributed by atoms with van der Waals surface area (Å²) >= 11 is 0. The summed E-state index contributed by atoms with van der Waals surface area (Å²) in [6.07, 6.45) is 2.64. The highest BCUT2D eigenvalue weighted by atomic mass is 16.5. The summed E-state index contributed by atoms with van der Waals surface area (Å²) in [5.41, 5.74) is 1.59. The Hall–Kier alpha value is -2.57. The molecule has 0 N–H and O–H groups in total. The molecule has 3 heterocycles. The topological polar surface area (TPSA) is 76.2 Å². The van der Waals surface area contributed by atoms with E-state index in [1.165, 1.54) is 12.0 Å². The first-order valence-corrected chi connectivity index (χ1v) is 8.58. The van der Waals surface area contributed by atoms with Gasteiger partial charge in [-0.3, -0.25) is 9.59 Å². The lowest BCUT2D eigenvalue weighted by molar-refractivity contribution is -0.147. The van der Waals surface area contributed by atoms with Crippen LogP contribution in [0.15, 0.2) is 18.2 Å². The number of piperidine rings is 1. The monoisotopic (exact) mass is 344 g/mol. The number of methoxy groups -OCH3 is 1. The third kappa shape index (κ3) is 2.54. The number of esters is 1. The van der Waals surface area contributed by atoms with Gasteiger partial charge in [-0.1, -0.05) is 0 Å². The molecule has 2 fully saturated rings. The summed E-state index contributed by atoms with van der Waals surface area (Å²) < 4.78 is 10.4. The van der Waals surface area contributed by atoms with Gasteiger partial charge in [-0.15, -0.1) is 0 Å². The van der Waals surface area contributed by atoms with E-state index in [-0.39, 0.29) is 23.8 Å². The van der Waals surface area contributed by atoms with E-state index in [4.69, 9.17) is 9.47 Å². The number of nitrogens with zero attached hydrogens (tertiary/aromatic N) is 2. The molecule has 3 amide bonds. The van der Waals surface area contributed by atoms with E-state index in [0.29, 0.717) is 31.7 Å². The Bertz CT molecular complexity index is 747. The van der Waals surface area contributed by atoms with Gasteiger partial charge < -0.3 is 14.4 Å². The Morgan fingerprint density at radius 1 is 1.32 bits per heavy atom. The molecular weight excluding hydrogens is 324 g/mol. The average molecular weight is 344 g/mol. The molecule has 2 unspecified atom stereocenters. The summed E-state index contributed by atoms with van der Waals surface area (Å²) in [5, 5.41) is 0. The standard InChI is InChI=1S/C18H20N2O5/c1-24-17(22)12-6-7-19-14(10-12)16(21)20(18(19)23)13-4-5-15-11(9-13)3-2-8-25-15/h4-5,9,12,14H,2-3,6-8,10H2,1H3. The van der Waals surface area contributed by atoms with E-state index >= 15 is 0 Å². The predicted octanol–water partition coefficient (Wildman–Crippen LogP) is 1.73. The number of carbonyl (C=O) groups excluding carboxylic acids is 3. The molecule has 25 heavy (non-hydrogen) atoms. The molecule has 1 aromatic rings. The van der Waals surface area contributed by atoms with Gasteiger partial charge in [0.2, 0.25) is 0 Å². The van der Waals surface area contributed by atoms with Crippen LogP contribution >= 0.6 is 0 Å². The van der Waals surface area contributed by atoms with Crippen molar-refractivity contribution in [1.82, 2.24) is 4.90 Å². The molecule has 1 aromatic carbocycles. The number of fused-ring (bicyclic) bond motifs is 2. The number of aryl methyl sites for hydroxylation is 1. The van der Waals surface area contributed by atoms with Gasteiger partial charge in [-0.2, -0.15) is 0 Å². The first-order valence-electron chi connectivity index (χ1n) is 8.58. The molecule has 2 saturated heterocycles. The Labute approximate surface area is 145 Å². The number of hydrogen-bond acceptors (Lipinski definition) is 5. The van der Waals surface area contributed by atoms with E-state index in [1.54, 1.807) is 11.0 Å². The van der Waals surface area contributed by atoms with Crippen molar-refractivity contribution in [1.29, 1.82) is 0 Å². The Morgan fingerprint density at radius 2 is 2.16 bits per heavy atom. The molecule has 0 radical (unpaired) electrons. The van der Waals surface area contributed by atoms with Crippen molar-refractivity contribution in [3.8, 4) is 5.75 Å². The van der Waals surface area contributed by atoms with E-state index < -0.39 is 6.04 Å². The van der Waals surface area contributed by atoms with Crippen LogP contribution in [0.5, 0.6) is 5.75 Å². The van der Waals surface area contributed by atoms with E-state index in [0.717, 1.165) is 24.2 Å². The zero-order valence-corrected chi connectivity index (χ0v) is 14.1. The largest absolute Gasteiger partial charge is 0.493 e. The number of hydrogen-bond donors (Lipinski definition) is 0. The summed E-state index contributed by atoms with van der Waals surface area (Å²) in [6.45, 7) is 1.08. The SMILES string of the molecule is COC(=O)C1CCN2C(=O)N(c3ccc4c(c3)CCCO4)C(=O)C2C1. The maximum atomic E-state index is 12.9. The van der Waals surface area contributed by atoms with Gasteiger partial charge in [-0.05, 0) is 49.4 Å². The van der Waals surface area contributed by atoms with Crippen LogP contribution in [0.4, 0.5) is 10.5 Å². The van der Waals surface area contributed by atoms with Gasteiger partial charge >= 0.3 is 12.0 Å². The fourth-order valence-electron chi connectivity index (χ4n) is 3.90. The van der Waals surface area contributed by atoms with Gasteiger partial charge in [0, 0.05) is 6.54 Å². The summed E-state index contributed by atoms with van der Waals surface area (Å²) in [7, 11) is 1.35. The van der Waals surface area contributed by atoms with Gasteiger partial charge in [0.1, 0.15) is 11.8 Å². The van der Waals surface area contributed by atoms with Crippen molar-refractivity contribution in [3.05, 3.63) is 23.8 Å². The fourth-order valence-corrected chi connectivity index (χ4v) is 3.90. The Balaban J connectivity index is 1.61. The average Bonchev–Trinajstić information content (AvgIpc) is 2.91. The minimum atomic E-state index is -0.586. The second-order valence-corrected chi connectivity index (χ2v) is 6.65. The van der Waals surface area contributed by atoms with Crippen molar-refractivity contribution in [2.45, 2.75) is 31.7 Å². The molecule has 0 spiro atoms. The van der Waals surface area contributed by atoms with Gasteiger partial charge in [-0.25, -0.2) is 9.69 Å². The van der Waals surface area contributed by atoms with E-state index in [9.17, 15) is 14.4 Å². The van der Waals surface area contributed by atoms with Crippen LogP contribution in [0.2, 0.25) is 0 Å².